The third-order valence-electron chi connectivity index (χ3n) is 2.66. The lowest BCUT2D eigenvalue weighted by Gasteiger charge is -2.20. The van der Waals surface area contributed by atoms with Gasteiger partial charge >= 0.3 is 0 Å². The predicted molar refractivity (Wildman–Crippen MR) is 83.9 cm³/mol. The molecule has 5 nitrogen and oxygen atoms in total. The van der Waals surface area contributed by atoms with Gasteiger partial charge in [-0.2, -0.15) is 0 Å². The molecule has 106 valence electrons. The minimum Gasteiger partial charge on any atom is -0.497 e. The minimum atomic E-state index is 0.589. The Balaban J connectivity index is 2.20. The smallest absolute Gasteiger partial charge is 0.180 e. The largest absolute Gasteiger partial charge is 0.497 e. The first-order valence-corrected chi connectivity index (χ1v) is 6.93. The summed E-state index contributed by atoms with van der Waals surface area (Å²) >= 11 is 1.52. The van der Waals surface area contributed by atoms with E-state index >= 15 is 0 Å². The number of thioether (sulfide) groups is 1. The molecule has 0 amide bonds. The Morgan fingerprint density at radius 2 is 2.15 bits per heavy atom. The molecule has 2 rings (SSSR count). The molecule has 0 saturated heterocycles. The first-order chi connectivity index (χ1) is 9.78. The van der Waals surface area contributed by atoms with Gasteiger partial charge in [-0.15, -0.1) is 6.58 Å². The summed E-state index contributed by atoms with van der Waals surface area (Å²) in [5.74, 6) is 1.51. The highest BCUT2D eigenvalue weighted by Gasteiger charge is 2.14. The average molecular weight is 291 g/mol. The van der Waals surface area contributed by atoms with Crippen LogP contribution >= 0.6 is 11.8 Å². The number of rotatable bonds is 5. The molecule has 0 unspecified atom stereocenters. The zero-order valence-electron chi connectivity index (χ0n) is 11.5. The van der Waals surface area contributed by atoms with E-state index in [9.17, 15) is 0 Å². The maximum absolute atomic E-state index is 5.39. The van der Waals surface area contributed by atoms with Crippen molar-refractivity contribution in [1.82, 2.24) is 10.9 Å². The third-order valence-corrected chi connectivity index (χ3v) is 3.46. The third kappa shape index (κ3) is 3.27. The van der Waals surface area contributed by atoms with Crippen LogP contribution in [0.4, 0.5) is 0 Å². The van der Waals surface area contributed by atoms with E-state index in [1.807, 2.05) is 23.6 Å². The first-order valence-electron chi connectivity index (χ1n) is 6.05. The van der Waals surface area contributed by atoms with Gasteiger partial charge in [0.15, 0.2) is 5.17 Å². The zero-order valence-corrected chi connectivity index (χ0v) is 12.3. The molecular weight excluding hydrogens is 274 g/mol. The molecule has 2 N–H and O–H groups in total. The van der Waals surface area contributed by atoms with E-state index in [-0.39, 0.29) is 0 Å². The van der Waals surface area contributed by atoms with Crippen molar-refractivity contribution >= 4 is 22.6 Å². The molecule has 0 aliphatic carbocycles. The number of methoxy groups -OCH3 is 2. The lowest BCUT2D eigenvalue weighted by Crippen LogP contribution is -2.37. The summed E-state index contributed by atoms with van der Waals surface area (Å²) in [6.07, 6.45) is 1.75. The Labute approximate surface area is 122 Å². The van der Waals surface area contributed by atoms with Gasteiger partial charge in [0.25, 0.3) is 0 Å². The number of aliphatic imine (C=N–C) groups is 1. The van der Waals surface area contributed by atoms with Crippen LogP contribution in [0.2, 0.25) is 0 Å². The van der Waals surface area contributed by atoms with Gasteiger partial charge in [-0.25, -0.2) is 0 Å². The van der Waals surface area contributed by atoms with E-state index in [1.54, 1.807) is 20.3 Å². The van der Waals surface area contributed by atoms with E-state index in [0.717, 1.165) is 27.9 Å². The maximum atomic E-state index is 5.39. The molecule has 0 saturated carbocycles. The highest BCUT2D eigenvalue weighted by Crippen LogP contribution is 2.31. The fraction of sp³-hybridized carbons (Fsp3) is 0.214. The van der Waals surface area contributed by atoms with Crippen molar-refractivity contribution in [2.45, 2.75) is 0 Å². The predicted octanol–water partition coefficient (Wildman–Crippen LogP) is 2.39. The van der Waals surface area contributed by atoms with Crippen molar-refractivity contribution in [1.29, 1.82) is 0 Å². The molecule has 1 aliphatic rings. The van der Waals surface area contributed by atoms with Gasteiger partial charge in [0.1, 0.15) is 11.5 Å². The molecule has 0 fully saturated rings. The normalized spacial score (nSPS) is 15.9. The summed E-state index contributed by atoms with van der Waals surface area (Å²) in [6, 6.07) is 5.70. The lowest BCUT2D eigenvalue weighted by molar-refractivity contribution is 0.393. The van der Waals surface area contributed by atoms with Crippen LogP contribution in [0, 0.1) is 0 Å². The van der Waals surface area contributed by atoms with Crippen LogP contribution in [0.1, 0.15) is 5.56 Å². The second-order valence-corrected chi connectivity index (χ2v) is 4.76. The maximum Gasteiger partial charge on any atom is 0.180 e. The molecular formula is C14H17N3O2S. The molecule has 0 spiro atoms. The zero-order chi connectivity index (χ0) is 14.4. The second kappa shape index (κ2) is 6.91. The highest BCUT2D eigenvalue weighted by atomic mass is 32.2. The number of amidine groups is 1. The summed E-state index contributed by atoms with van der Waals surface area (Å²) < 4.78 is 10.6. The Bertz CT molecular complexity index is 555. The van der Waals surface area contributed by atoms with Gasteiger partial charge in [0.05, 0.1) is 26.5 Å². The number of benzene rings is 1. The summed E-state index contributed by atoms with van der Waals surface area (Å²) in [4.78, 5) is 4.29. The number of ether oxygens (including phenoxy) is 2. The van der Waals surface area contributed by atoms with Gasteiger partial charge < -0.3 is 9.47 Å². The fourth-order valence-electron chi connectivity index (χ4n) is 1.67. The molecule has 0 aromatic heterocycles. The molecule has 20 heavy (non-hydrogen) atoms. The molecule has 0 atom stereocenters. The van der Waals surface area contributed by atoms with Gasteiger partial charge in [-0.05, 0) is 12.1 Å². The van der Waals surface area contributed by atoms with Crippen LogP contribution in [-0.2, 0) is 0 Å². The number of hydrogen-bond donors (Lipinski definition) is 2. The summed E-state index contributed by atoms with van der Waals surface area (Å²) in [5.41, 5.74) is 8.03. The standard InChI is InChI=1S/C14H17N3O2S/c1-4-7-15-14-17-16-12(9-20-14)11-6-5-10(18-2)8-13(11)19-3/h4-6,8-9,16H,1,7H2,2-3H3,(H,15,17). The van der Waals surface area contributed by atoms with Crippen molar-refractivity contribution < 1.29 is 9.47 Å². The molecule has 0 radical (unpaired) electrons. The molecule has 6 heteroatoms. The van der Waals surface area contributed by atoms with Crippen LogP contribution in [0.3, 0.4) is 0 Å². The number of nitrogens with one attached hydrogen (secondary N) is 2. The van der Waals surface area contributed by atoms with Crippen molar-refractivity contribution in [3.63, 3.8) is 0 Å². The van der Waals surface area contributed by atoms with E-state index in [0.29, 0.717) is 6.54 Å². The highest BCUT2D eigenvalue weighted by molar-refractivity contribution is 8.16. The van der Waals surface area contributed by atoms with Gasteiger partial charge in [-0.1, -0.05) is 17.8 Å². The second-order valence-electron chi connectivity index (χ2n) is 3.90. The van der Waals surface area contributed by atoms with Crippen LogP contribution in [-0.4, -0.2) is 25.9 Å². The molecule has 1 aromatic rings. The van der Waals surface area contributed by atoms with E-state index < -0.39 is 0 Å². The Morgan fingerprint density at radius 1 is 1.30 bits per heavy atom. The lowest BCUT2D eigenvalue weighted by atomic mass is 10.1. The summed E-state index contributed by atoms with van der Waals surface area (Å²) in [7, 11) is 3.27. The molecule has 1 heterocycles. The van der Waals surface area contributed by atoms with Crippen molar-refractivity contribution in [2.75, 3.05) is 20.8 Å². The van der Waals surface area contributed by atoms with Gasteiger partial charge in [-0.3, -0.25) is 15.8 Å². The Hall–Kier alpha value is -2.08. The first kappa shape index (κ1) is 14.3. The van der Waals surface area contributed by atoms with Gasteiger partial charge in [0.2, 0.25) is 0 Å². The topological polar surface area (TPSA) is 54.9 Å². The molecule has 1 aromatic carbocycles. The Morgan fingerprint density at radius 3 is 2.75 bits per heavy atom. The van der Waals surface area contributed by atoms with Crippen molar-refractivity contribution in [3.05, 3.63) is 41.8 Å². The van der Waals surface area contributed by atoms with E-state index in [2.05, 4.69) is 22.4 Å². The van der Waals surface area contributed by atoms with Crippen LogP contribution in [0.15, 0.2) is 41.3 Å². The monoisotopic (exact) mass is 291 g/mol. The Kier molecular flexibility index (Phi) is 4.95. The van der Waals surface area contributed by atoms with Gasteiger partial charge in [0, 0.05) is 17.0 Å². The molecule has 0 bridgehead atoms. The quantitative estimate of drug-likeness (QED) is 0.816. The van der Waals surface area contributed by atoms with E-state index in [4.69, 9.17) is 9.47 Å². The minimum absolute atomic E-state index is 0.589. The number of nitrogens with zero attached hydrogens (tertiary/aromatic N) is 1. The van der Waals surface area contributed by atoms with Crippen molar-refractivity contribution in [2.24, 2.45) is 4.99 Å². The van der Waals surface area contributed by atoms with Crippen LogP contribution in [0.5, 0.6) is 11.5 Å². The van der Waals surface area contributed by atoms with Crippen LogP contribution in [0.25, 0.3) is 5.70 Å². The van der Waals surface area contributed by atoms with Crippen LogP contribution < -0.4 is 20.3 Å². The SMILES string of the molecule is C=CCN=C1NNC(c2ccc(OC)cc2OC)=CS1. The average Bonchev–Trinajstić information content (AvgIpc) is 2.52. The van der Waals surface area contributed by atoms with Crippen molar-refractivity contribution in [3.8, 4) is 11.5 Å². The number of hydrazine groups is 1. The fourth-order valence-corrected chi connectivity index (χ4v) is 2.34. The summed E-state index contributed by atoms with van der Waals surface area (Å²) in [6.45, 7) is 4.23. The molecule has 1 aliphatic heterocycles. The number of hydrogen-bond acceptors (Lipinski definition) is 5. The van der Waals surface area contributed by atoms with E-state index in [1.165, 1.54) is 11.8 Å². The summed E-state index contributed by atoms with van der Waals surface area (Å²) in [5, 5.41) is 2.80.